The number of carbonyl (C=O) groups excluding carboxylic acids is 1. The minimum Gasteiger partial charge on any atom is -0.338 e. The zero-order chi connectivity index (χ0) is 19.7. The highest BCUT2D eigenvalue weighted by atomic mass is 16.2. The maximum atomic E-state index is 13.5. The summed E-state index contributed by atoms with van der Waals surface area (Å²) in [4.78, 5) is 15.4. The molecule has 0 spiro atoms. The molecule has 1 atom stereocenters. The minimum atomic E-state index is -0.101. The lowest BCUT2D eigenvalue weighted by Crippen LogP contribution is -2.54. The molecule has 0 bridgehead atoms. The van der Waals surface area contributed by atoms with Gasteiger partial charge in [0.2, 0.25) is 0 Å². The fourth-order valence-corrected chi connectivity index (χ4v) is 3.77. The fourth-order valence-electron chi connectivity index (χ4n) is 3.77. The molecule has 1 aromatic heterocycles. The molecule has 3 aromatic rings. The third kappa shape index (κ3) is 3.45. The van der Waals surface area contributed by atoms with Gasteiger partial charge in [-0.15, -0.1) is 0 Å². The third-order valence-electron chi connectivity index (χ3n) is 5.61. The lowest BCUT2D eigenvalue weighted by Gasteiger charge is -2.42. The molecule has 2 heterocycles. The summed E-state index contributed by atoms with van der Waals surface area (Å²) in [6.07, 6.45) is 2.66. The number of hydrogen-bond acceptors (Lipinski definition) is 3. The Morgan fingerprint density at radius 1 is 1.07 bits per heavy atom. The average Bonchev–Trinajstić information content (AvgIpc) is 3.16. The van der Waals surface area contributed by atoms with Gasteiger partial charge in [0.25, 0.3) is 5.91 Å². The lowest BCUT2D eigenvalue weighted by atomic mass is 9.79. The van der Waals surface area contributed by atoms with E-state index in [-0.39, 0.29) is 17.4 Å². The molecule has 5 nitrogen and oxygen atoms in total. The van der Waals surface area contributed by atoms with Crippen LogP contribution in [0.5, 0.6) is 0 Å². The van der Waals surface area contributed by atoms with Crippen LogP contribution >= 0.6 is 0 Å². The van der Waals surface area contributed by atoms with Crippen molar-refractivity contribution in [3.63, 3.8) is 0 Å². The van der Waals surface area contributed by atoms with Gasteiger partial charge < -0.3 is 10.6 Å². The molecule has 0 saturated carbocycles. The normalized spacial score (nSPS) is 18.8. The molecule has 1 amide bonds. The zero-order valence-corrected chi connectivity index (χ0v) is 16.4. The zero-order valence-electron chi connectivity index (χ0n) is 16.4. The van der Waals surface area contributed by atoms with E-state index in [1.54, 1.807) is 4.68 Å². The van der Waals surface area contributed by atoms with Crippen molar-refractivity contribution in [3.8, 4) is 16.9 Å². The van der Waals surface area contributed by atoms with E-state index in [0.29, 0.717) is 24.3 Å². The van der Waals surface area contributed by atoms with Crippen LogP contribution in [0.4, 0.5) is 0 Å². The van der Waals surface area contributed by atoms with Gasteiger partial charge in [-0.05, 0) is 24.0 Å². The number of carbonyl (C=O) groups is 1. The second-order valence-corrected chi connectivity index (χ2v) is 8.15. The van der Waals surface area contributed by atoms with Crippen molar-refractivity contribution in [2.45, 2.75) is 26.3 Å². The summed E-state index contributed by atoms with van der Waals surface area (Å²) in [5, 5.41) is 4.76. The van der Waals surface area contributed by atoms with Crippen molar-refractivity contribution in [1.82, 2.24) is 14.7 Å². The van der Waals surface area contributed by atoms with Crippen molar-refractivity contribution < 1.29 is 4.79 Å². The number of likely N-dealkylation sites (tertiary alicyclic amines) is 1. The molecular weight excluding hydrogens is 348 g/mol. The Hall–Kier alpha value is -2.92. The molecule has 1 fully saturated rings. The smallest absolute Gasteiger partial charge is 0.257 e. The first kappa shape index (κ1) is 18.4. The van der Waals surface area contributed by atoms with Crippen LogP contribution in [0.15, 0.2) is 66.9 Å². The van der Waals surface area contributed by atoms with Crippen LogP contribution < -0.4 is 5.73 Å². The van der Waals surface area contributed by atoms with Crippen molar-refractivity contribution in [2.75, 3.05) is 13.1 Å². The van der Waals surface area contributed by atoms with Gasteiger partial charge >= 0.3 is 0 Å². The van der Waals surface area contributed by atoms with E-state index in [9.17, 15) is 4.79 Å². The van der Waals surface area contributed by atoms with Gasteiger partial charge in [0.1, 0.15) is 5.69 Å². The fraction of sp³-hybridized carbons (Fsp3) is 0.304. The molecule has 1 saturated heterocycles. The molecule has 28 heavy (non-hydrogen) atoms. The Bertz CT molecular complexity index is 963. The van der Waals surface area contributed by atoms with Crippen LogP contribution in [-0.4, -0.2) is 39.7 Å². The van der Waals surface area contributed by atoms with Gasteiger partial charge in [-0.1, -0.05) is 62.4 Å². The van der Waals surface area contributed by atoms with Gasteiger partial charge in [0.05, 0.1) is 11.3 Å². The second kappa shape index (κ2) is 7.24. The Kier molecular flexibility index (Phi) is 4.77. The van der Waals surface area contributed by atoms with E-state index in [4.69, 9.17) is 10.8 Å². The number of hydrogen-bond donors (Lipinski definition) is 1. The van der Waals surface area contributed by atoms with Gasteiger partial charge in [0, 0.05) is 30.9 Å². The lowest BCUT2D eigenvalue weighted by molar-refractivity contribution is 0.0533. The topological polar surface area (TPSA) is 64.2 Å². The molecule has 1 aliphatic heterocycles. The van der Waals surface area contributed by atoms with Crippen molar-refractivity contribution >= 4 is 5.91 Å². The van der Waals surface area contributed by atoms with E-state index in [1.165, 1.54) is 0 Å². The molecule has 5 heteroatoms. The Morgan fingerprint density at radius 2 is 1.71 bits per heavy atom. The summed E-state index contributed by atoms with van der Waals surface area (Å²) in [6.45, 7) is 5.58. The first-order valence-corrected chi connectivity index (χ1v) is 9.71. The highest BCUT2D eigenvalue weighted by Gasteiger charge is 2.36. The molecule has 2 aromatic carbocycles. The standard InChI is InChI=1S/C23H26N4O/c1-23(2)16-26(14-13-20(23)24)22(28)19-15-27(18-11-7-4-8-12-18)25-21(19)17-9-5-3-6-10-17/h3-12,15,20H,13-14,16,24H2,1-2H3. The van der Waals surface area contributed by atoms with Gasteiger partial charge in [-0.3, -0.25) is 4.79 Å². The van der Waals surface area contributed by atoms with Crippen molar-refractivity contribution in [1.29, 1.82) is 0 Å². The maximum absolute atomic E-state index is 13.5. The minimum absolute atomic E-state index is 0.0148. The number of aromatic nitrogens is 2. The van der Waals surface area contributed by atoms with E-state index in [0.717, 1.165) is 17.7 Å². The number of rotatable bonds is 3. The number of nitrogens with two attached hydrogens (primary N) is 1. The summed E-state index contributed by atoms with van der Waals surface area (Å²) < 4.78 is 1.79. The number of nitrogens with zero attached hydrogens (tertiary/aromatic N) is 3. The quantitative estimate of drug-likeness (QED) is 0.760. The predicted octanol–water partition coefficient (Wildman–Crippen LogP) is 3.74. The second-order valence-electron chi connectivity index (χ2n) is 8.15. The summed E-state index contributed by atoms with van der Waals surface area (Å²) in [7, 11) is 0. The van der Waals surface area contributed by atoms with Crippen LogP contribution in [-0.2, 0) is 0 Å². The molecule has 144 valence electrons. The van der Waals surface area contributed by atoms with E-state index < -0.39 is 0 Å². The molecule has 4 rings (SSSR count). The van der Waals surface area contributed by atoms with Crippen molar-refractivity contribution in [2.24, 2.45) is 11.1 Å². The summed E-state index contributed by atoms with van der Waals surface area (Å²) in [5.74, 6) is 0.0148. The monoisotopic (exact) mass is 374 g/mol. The summed E-state index contributed by atoms with van der Waals surface area (Å²) in [5.41, 5.74) is 9.36. The van der Waals surface area contributed by atoms with Gasteiger partial charge in [0.15, 0.2) is 0 Å². The van der Waals surface area contributed by atoms with Crippen molar-refractivity contribution in [3.05, 3.63) is 72.4 Å². The number of piperidine rings is 1. The Balaban J connectivity index is 1.75. The molecule has 2 N–H and O–H groups in total. The Morgan fingerprint density at radius 3 is 2.36 bits per heavy atom. The van der Waals surface area contributed by atoms with E-state index in [1.807, 2.05) is 71.8 Å². The van der Waals surface area contributed by atoms with Gasteiger partial charge in [-0.2, -0.15) is 5.10 Å². The van der Waals surface area contributed by atoms with Crippen LogP contribution in [0.2, 0.25) is 0 Å². The first-order chi connectivity index (χ1) is 13.5. The first-order valence-electron chi connectivity index (χ1n) is 9.71. The molecule has 0 radical (unpaired) electrons. The van der Waals surface area contributed by atoms with Crippen LogP contribution in [0.3, 0.4) is 0 Å². The highest BCUT2D eigenvalue weighted by molar-refractivity contribution is 6.00. The van der Waals surface area contributed by atoms with Gasteiger partial charge in [-0.25, -0.2) is 4.68 Å². The summed E-state index contributed by atoms with van der Waals surface area (Å²) >= 11 is 0. The summed E-state index contributed by atoms with van der Waals surface area (Å²) in [6, 6.07) is 19.9. The maximum Gasteiger partial charge on any atom is 0.257 e. The molecule has 1 aliphatic rings. The van der Waals surface area contributed by atoms with E-state index >= 15 is 0 Å². The van der Waals surface area contributed by atoms with Crippen LogP contribution in [0.1, 0.15) is 30.6 Å². The van der Waals surface area contributed by atoms with Crippen LogP contribution in [0.25, 0.3) is 16.9 Å². The number of benzene rings is 2. The SMILES string of the molecule is CC1(C)CN(C(=O)c2cn(-c3ccccc3)nc2-c2ccccc2)CCC1N. The van der Waals surface area contributed by atoms with E-state index in [2.05, 4.69) is 13.8 Å². The number of amides is 1. The highest BCUT2D eigenvalue weighted by Crippen LogP contribution is 2.31. The number of para-hydroxylation sites is 1. The molecule has 1 unspecified atom stereocenters. The Labute approximate surface area is 165 Å². The molecular formula is C23H26N4O. The third-order valence-corrected chi connectivity index (χ3v) is 5.61. The largest absolute Gasteiger partial charge is 0.338 e. The van der Waals surface area contributed by atoms with Crippen LogP contribution in [0, 0.1) is 5.41 Å². The predicted molar refractivity (Wildman–Crippen MR) is 111 cm³/mol. The average molecular weight is 374 g/mol. The molecule has 0 aliphatic carbocycles.